The van der Waals surface area contributed by atoms with E-state index >= 15 is 0 Å². The maximum absolute atomic E-state index is 11.5. The summed E-state index contributed by atoms with van der Waals surface area (Å²) in [5.41, 5.74) is 2.07. The van der Waals surface area contributed by atoms with Crippen LogP contribution in [0.5, 0.6) is 0 Å². The highest BCUT2D eigenvalue weighted by Gasteiger charge is 2.43. The average Bonchev–Trinajstić information content (AvgIpc) is 2.00. The van der Waals surface area contributed by atoms with Gasteiger partial charge in [0, 0.05) is 12.8 Å². The minimum Gasteiger partial charge on any atom is -0.299 e. The van der Waals surface area contributed by atoms with Gasteiger partial charge in [-0.3, -0.25) is 4.79 Å². The van der Waals surface area contributed by atoms with Crippen LogP contribution in [-0.2, 0) is 4.79 Å². The fourth-order valence-electron chi connectivity index (χ4n) is 3.44. The molecule has 0 saturated heterocycles. The maximum Gasteiger partial charge on any atom is 0.137 e. The van der Waals surface area contributed by atoms with E-state index in [0.717, 1.165) is 6.42 Å². The van der Waals surface area contributed by atoms with Gasteiger partial charge >= 0.3 is 0 Å². The highest BCUT2D eigenvalue weighted by molar-refractivity contribution is 5.82. The summed E-state index contributed by atoms with van der Waals surface area (Å²) in [7, 11) is 0. The lowest BCUT2D eigenvalue weighted by Crippen LogP contribution is -2.38. The molecule has 1 nitrogen and oxygen atoms in total. The first kappa shape index (κ1) is 9.95. The molecular formula is C13H20O. The summed E-state index contributed by atoms with van der Waals surface area (Å²) in [6, 6.07) is 0. The Morgan fingerprint density at radius 2 is 1.93 bits per heavy atom. The molecule has 0 aromatic heterocycles. The van der Waals surface area contributed by atoms with E-state index in [1.54, 1.807) is 5.57 Å². The number of ketones is 1. The lowest BCUT2D eigenvalue weighted by Gasteiger charge is -2.47. The Hall–Kier alpha value is -0.590. The quantitative estimate of drug-likeness (QED) is 0.537. The number of carbonyl (C=O) groups excluding carboxylic acids is 1. The molecule has 0 spiro atoms. The Kier molecular flexibility index (Phi) is 2.09. The van der Waals surface area contributed by atoms with Crippen molar-refractivity contribution in [1.29, 1.82) is 0 Å². The Bertz CT molecular complexity index is 298. The van der Waals surface area contributed by atoms with Crippen LogP contribution in [0.3, 0.4) is 0 Å². The molecule has 2 aliphatic rings. The normalized spacial score (nSPS) is 36.2. The molecule has 0 heterocycles. The zero-order valence-electron chi connectivity index (χ0n) is 9.52. The Labute approximate surface area is 86.6 Å². The first-order chi connectivity index (χ1) is 6.44. The standard InChI is InChI=1S/C13H20O/c1-12(2)7-4-8-13(3)9-10(14)5-6-11(12)13/h6H,4-5,7-9H2,1-3H3/t13-/m1/s1. The zero-order chi connectivity index (χ0) is 10.4. The van der Waals surface area contributed by atoms with E-state index in [0.29, 0.717) is 17.6 Å². The molecular weight excluding hydrogens is 172 g/mol. The molecule has 0 N–H and O–H groups in total. The van der Waals surface area contributed by atoms with Crippen molar-refractivity contribution in [3.05, 3.63) is 11.6 Å². The molecule has 0 bridgehead atoms. The molecule has 0 unspecified atom stereocenters. The van der Waals surface area contributed by atoms with Crippen LogP contribution in [0.4, 0.5) is 0 Å². The summed E-state index contributed by atoms with van der Waals surface area (Å²) in [5.74, 6) is 0.425. The van der Waals surface area contributed by atoms with Crippen LogP contribution in [0.25, 0.3) is 0 Å². The number of allylic oxidation sites excluding steroid dienone is 2. The summed E-state index contributed by atoms with van der Waals surface area (Å²) < 4.78 is 0. The number of hydrogen-bond acceptors (Lipinski definition) is 1. The van der Waals surface area contributed by atoms with Crippen molar-refractivity contribution in [3.8, 4) is 0 Å². The SMILES string of the molecule is CC1(C)CCC[C@]2(C)CC(=O)CC=C12. The Morgan fingerprint density at radius 1 is 1.21 bits per heavy atom. The number of Topliss-reactive ketones (excluding diaryl/α,β-unsaturated/α-hetero) is 1. The van der Waals surface area contributed by atoms with Gasteiger partial charge in [0.05, 0.1) is 0 Å². The Balaban J connectivity index is 2.40. The topological polar surface area (TPSA) is 17.1 Å². The van der Waals surface area contributed by atoms with Crippen LogP contribution < -0.4 is 0 Å². The van der Waals surface area contributed by atoms with Gasteiger partial charge in [0.25, 0.3) is 0 Å². The number of fused-ring (bicyclic) bond motifs is 1. The third kappa shape index (κ3) is 1.43. The van der Waals surface area contributed by atoms with Crippen LogP contribution >= 0.6 is 0 Å². The lowest BCUT2D eigenvalue weighted by molar-refractivity contribution is -0.121. The maximum atomic E-state index is 11.5. The smallest absolute Gasteiger partial charge is 0.137 e. The third-order valence-corrected chi connectivity index (χ3v) is 4.03. The van der Waals surface area contributed by atoms with Gasteiger partial charge in [0.1, 0.15) is 5.78 Å². The average molecular weight is 192 g/mol. The number of rotatable bonds is 0. The molecule has 14 heavy (non-hydrogen) atoms. The van der Waals surface area contributed by atoms with E-state index in [1.165, 1.54) is 19.3 Å². The molecule has 2 rings (SSSR count). The van der Waals surface area contributed by atoms with Crippen LogP contribution in [0.2, 0.25) is 0 Å². The van der Waals surface area contributed by atoms with Crippen molar-refractivity contribution in [1.82, 2.24) is 0 Å². The van der Waals surface area contributed by atoms with Gasteiger partial charge < -0.3 is 0 Å². The molecule has 0 aliphatic heterocycles. The molecule has 1 fully saturated rings. The van der Waals surface area contributed by atoms with Crippen LogP contribution in [0.1, 0.15) is 52.9 Å². The summed E-state index contributed by atoms with van der Waals surface area (Å²) in [5, 5.41) is 0. The molecule has 0 aromatic carbocycles. The van der Waals surface area contributed by atoms with Gasteiger partial charge in [0.15, 0.2) is 0 Å². The Morgan fingerprint density at radius 3 is 2.64 bits per heavy atom. The predicted octanol–water partition coefficient (Wildman–Crippen LogP) is 3.49. The minimum atomic E-state index is 0.192. The van der Waals surface area contributed by atoms with E-state index < -0.39 is 0 Å². The van der Waals surface area contributed by atoms with Gasteiger partial charge in [-0.2, -0.15) is 0 Å². The first-order valence-corrected chi connectivity index (χ1v) is 5.67. The van der Waals surface area contributed by atoms with E-state index in [-0.39, 0.29) is 5.41 Å². The van der Waals surface area contributed by atoms with E-state index in [2.05, 4.69) is 26.8 Å². The number of carbonyl (C=O) groups is 1. The van der Waals surface area contributed by atoms with Gasteiger partial charge in [-0.15, -0.1) is 0 Å². The summed E-state index contributed by atoms with van der Waals surface area (Å²) >= 11 is 0. The molecule has 0 aromatic rings. The van der Waals surface area contributed by atoms with Crippen molar-refractivity contribution >= 4 is 5.78 Å². The predicted molar refractivity (Wildman–Crippen MR) is 58.1 cm³/mol. The molecule has 1 saturated carbocycles. The van der Waals surface area contributed by atoms with Crippen molar-refractivity contribution in [2.75, 3.05) is 0 Å². The second-order valence-corrected chi connectivity index (χ2v) is 5.84. The van der Waals surface area contributed by atoms with Crippen LogP contribution in [-0.4, -0.2) is 5.78 Å². The minimum absolute atomic E-state index is 0.192. The molecule has 0 amide bonds. The molecule has 1 heteroatoms. The number of hydrogen-bond donors (Lipinski definition) is 0. The summed E-state index contributed by atoms with van der Waals surface area (Å²) in [6.45, 7) is 6.93. The largest absolute Gasteiger partial charge is 0.299 e. The van der Waals surface area contributed by atoms with Gasteiger partial charge in [0.2, 0.25) is 0 Å². The monoisotopic (exact) mass is 192 g/mol. The molecule has 78 valence electrons. The highest BCUT2D eigenvalue weighted by Crippen LogP contribution is 2.54. The van der Waals surface area contributed by atoms with Gasteiger partial charge in [-0.05, 0) is 23.7 Å². The van der Waals surface area contributed by atoms with Crippen molar-refractivity contribution in [2.45, 2.75) is 52.9 Å². The van der Waals surface area contributed by atoms with E-state index in [1.807, 2.05) is 0 Å². The lowest BCUT2D eigenvalue weighted by atomic mass is 9.57. The molecule has 0 radical (unpaired) electrons. The zero-order valence-corrected chi connectivity index (χ0v) is 9.52. The fraction of sp³-hybridized carbons (Fsp3) is 0.769. The van der Waals surface area contributed by atoms with Gasteiger partial charge in [-0.25, -0.2) is 0 Å². The van der Waals surface area contributed by atoms with Crippen molar-refractivity contribution in [2.24, 2.45) is 10.8 Å². The van der Waals surface area contributed by atoms with Crippen molar-refractivity contribution < 1.29 is 4.79 Å². The first-order valence-electron chi connectivity index (χ1n) is 5.67. The van der Waals surface area contributed by atoms with E-state index in [9.17, 15) is 4.79 Å². The summed E-state index contributed by atoms with van der Waals surface area (Å²) in [6.07, 6.45) is 7.42. The molecule has 1 atom stereocenters. The summed E-state index contributed by atoms with van der Waals surface area (Å²) in [4.78, 5) is 11.5. The van der Waals surface area contributed by atoms with Crippen LogP contribution in [0, 0.1) is 10.8 Å². The fourth-order valence-corrected chi connectivity index (χ4v) is 3.44. The second-order valence-electron chi connectivity index (χ2n) is 5.84. The third-order valence-electron chi connectivity index (χ3n) is 4.03. The van der Waals surface area contributed by atoms with Gasteiger partial charge in [-0.1, -0.05) is 38.8 Å². The van der Waals surface area contributed by atoms with Crippen molar-refractivity contribution in [3.63, 3.8) is 0 Å². The van der Waals surface area contributed by atoms with E-state index in [4.69, 9.17) is 0 Å². The highest BCUT2D eigenvalue weighted by atomic mass is 16.1. The second kappa shape index (κ2) is 2.95. The van der Waals surface area contributed by atoms with Crippen LogP contribution in [0.15, 0.2) is 11.6 Å². The molecule has 2 aliphatic carbocycles.